The van der Waals surface area contributed by atoms with E-state index in [1.807, 2.05) is 6.92 Å². The Bertz CT molecular complexity index is 251. The molecule has 1 amide bonds. The van der Waals surface area contributed by atoms with Crippen molar-refractivity contribution >= 4 is 11.9 Å². The van der Waals surface area contributed by atoms with E-state index in [0.29, 0.717) is 12.5 Å². The van der Waals surface area contributed by atoms with Crippen molar-refractivity contribution in [3.8, 4) is 0 Å². The predicted octanol–water partition coefficient (Wildman–Crippen LogP) is 0.118. The summed E-state index contributed by atoms with van der Waals surface area (Å²) in [7, 11) is 0. The molecule has 3 N–H and O–H groups in total. The van der Waals surface area contributed by atoms with Crippen molar-refractivity contribution < 1.29 is 27.9 Å². The molecular weight excluding hydrogens is 229 g/mol. The Morgan fingerprint density at radius 3 is 2.06 bits per heavy atom. The predicted molar refractivity (Wildman–Crippen MR) is 48.8 cm³/mol. The van der Waals surface area contributed by atoms with Gasteiger partial charge in [0.2, 0.25) is 5.91 Å². The standard InChI is InChI=1S/C6H12N2O.C2HF3O2/c1-2-6(9)8-5-3-7-4-5;3-2(4,5)1(6)7/h5,7H,2-4H2,1H3,(H,8,9);(H,6,7). The molecule has 1 fully saturated rings. The van der Waals surface area contributed by atoms with Crippen LogP contribution >= 0.6 is 0 Å². The van der Waals surface area contributed by atoms with E-state index < -0.39 is 12.1 Å². The lowest BCUT2D eigenvalue weighted by atomic mass is 10.2. The molecule has 1 aliphatic rings. The number of carbonyl (C=O) groups is 2. The number of hydrogen-bond donors (Lipinski definition) is 3. The van der Waals surface area contributed by atoms with Crippen molar-refractivity contribution in [2.24, 2.45) is 0 Å². The highest BCUT2D eigenvalue weighted by Gasteiger charge is 2.38. The summed E-state index contributed by atoms with van der Waals surface area (Å²) in [5.74, 6) is -2.60. The van der Waals surface area contributed by atoms with Gasteiger partial charge in [-0.2, -0.15) is 13.2 Å². The minimum absolute atomic E-state index is 0.154. The molecule has 0 aromatic heterocycles. The molecule has 8 heteroatoms. The highest BCUT2D eigenvalue weighted by atomic mass is 19.4. The summed E-state index contributed by atoms with van der Waals surface area (Å²) >= 11 is 0. The highest BCUT2D eigenvalue weighted by molar-refractivity contribution is 5.76. The maximum absolute atomic E-state index is 10.7. The third kappa shape index (κ3) is 6.23. The SMILES string of the molecule is CCC(=O)NC1CNC1.O=C(O)C(F)(F)F. The zero-order valence-corrected chi connectivity index (χ0v) is 8.60. The van der Waals surface area contributed by atoms with Crippen molar-refractivity contribution in [3.05, 3.63) is 0 Å². The lowest BCUT2D eigenvalue weighted by Gasteiger charge is -2.27. The second-order valence-electron chi connectivity index (χ2n) is 3.08. The Morgan fingerprint density at radius 2 is 1.88 bits per heavy atom. The number of halogens is 3. The Kier molecular flexibility index (Phi) is 5.79. The van der Waals surface area contributed by atoms with Gasteiger partial charge in [-0.25, -0.2) is 4.79 Å². The summed E-state index contributed by atoms with van der Waals surface area (Å²) in [5.41, 5.74) is 0. The lowest BCUT2D eigenvalue weighted by Crippen LogP contribution is -2.56. The van der Waals surface area contributed by atoms with Crippen LogP contribution in [0.5, 0.6) is 0 Å². The van der Waals surface area contributed by atoms with Gasteiger partial charge in [0.25, 0.3) is 0 Å². The minimum Gasteiger partial charge on any atom is -0.475 e. The van der Waals surface area contributed by atoms with Gasteiger partial charge >= 0.3 is 12.1 Å². The highest BCUT2D eigenvalue weighted by Crippen LogP contribution is 2.13. The Balaban J connectivity index is 0.000000293. The first-order chi connectivity index (χ1) is 7.27. The molecule has 0 unspecified atom stereocenters. The van der Waals surface area contributed by atoms with E-state index in [4.69, 9.17) is 9.90 Å². The minimum atomic E-state index is -5.08. The van der Waals surface area contributed by atoms with Crippen LogP contribution in [-0.4, -0.2) is 42.3 Å². The van der Waals surface area contributed by atoms with Gasteiger partial charge in [0.1, 0.15) is 0 Å². The van der Waals surface area contributed by atoms with Crippen molar-refractivity contribution in [1.82, 2.24) is 10.6 Å². The first-order valence-corrected chi connectivity index (χ1v) is 4.57. The maximum Gasteiger partial charge on any atom is 0.490 e. The topological polar surface area (TPSA) is 78.4 Å². The number of aliphatic carboxylic acids is 1. The van der Waals surface area contributed by atoms with Crippen LogP contribution in [0.25, 0.3) is 0 Å². The van der Waals surface area contributed by atoms with Gasteiger partial charge in [-0.3, -0.25) is 4.79 Å². The Hall–Kier alpha value is -1.31. The molecule has 0 saturated carbocycles. The van der Waals surface area contributed by atoms with Crippen LogP contribution in [0, 0.1) is 0 Å². The second-order valence-corrected chi connectivity index (χ2v) is 3.08. The van der Waals surface area contributed by atoms with Crippen LogP contribution in [0.3, 0.4) is 0 Å². The molecule has 1 heterocycles. The van der Waals surface area contributed by atoms with Gasteiger partial charge in [-0.15, -0.1) is 0 Å². The summed E-state index contributed by atoms with van der Waals surface area (Å²) in [5, 5.41) is 13.1. The van der Waals surface area contributed by atoms with Gasteiger partial charge in [-0.1, -0.05) is 6.92 Å². The fraction of sp³-hybridized carbons (Fsp3) is 0.750. The molecule has 1 aliphatic heterocycles. The summed E-state index contributed by atoms with van der Waals surface area (Å²) in [6, 6.07) is 0.400. The smallest absolute Gasteiger partial charge is 0.475 e. The van der Waals surface area contributed by atoms with Crippen molar-refractivity contribution in [2.75, 3.05) is 13.1 Å². The van der Waals surface area contributed by atoms with E-state index in [1.54, 1.807) is 0 Å². The fourth-order valence-corrected chi connectivity index (χ4v) is 0.720. The van der Waals surface area contributed by atoms with E-state index >= 15 is 0 Å². The first-order valence-electron chi connectivity index (χ1n) is 4.57. The normalized spacial score (nSPS) is 15.5. The Labute approximate surface area is 90.0 Å². The number of rotatable bonds is 2. The number of nitrogens with one attached hydrogen (secondary N) is 2. The number of carbonyl (C=O) groups excluding carboxylic acids is 1. The zero-order valence-electron chi connectivity index (χ0n) is 8.60. The lowest BCUT2D eigenvalue weighted by molar-refractivity contribution is -0.192. The van der Waals surface area contributed by atoms with E-state index in [0.717, 1.165) is 13.1 Å². The molecule has 0 aromatic rings. The van der Waals surface area contributed by atoms with Crippen LogP contribution in [0.2, 0.25) is 0 Å². The fourth-order valence-electron chi connectivity index (χ4n) is 0.720. The van der Waals surface area contributed by atoms with Crippen LogP contribution in [-0.2, 0) is 9.59 Å². The van der Waals surface area contributed by atoms with Gasteiger partial charge in [0.05, 0.1) is 6.04 Å². The average Bonchev–Trinajstić information content (AvgIpc) is 2.10. The molecule has 0 bridgehead atoms. The van der Waals surface area contributed by atoms with Gasteiger partial charge in [0, 0.05) is 19.5 Å². The number of hydrogen-bond acceptors (Lipinski definition) is 3. The molecule has 1 rings (SSSR count). The molecule has 1 saturated heterocycles. The summed E-state index contributed by atoms with van der Waals surface area (Å²) in [6.07, 6.45) is -4.49. The Morgan fingerprint density at radius 1 is 1.44 bits per heavy atom. The summed E-state index contributed by atoms with van der Waals surface area (Å²) in [6.45, 7) is 3.74. The third-order valence-corrected chi connectivity index (χ3v) is 1.71. The summed E-state index contributed by atoms with van der Waals surface area (Å²) in [4.78, 5) is 19.6. The van der Waals surface area contributed by atoms with Crippen molar-refractivity contribution in [3.63, 3.8) is 0 Å². The van der Waals surface area contributed by atoms with E-state index in [2.05, 4.69) is 10.6 Å². The van der Waals surface area contributed by atoms with E-state index in [-0.39, 0.29) is 5.91 Å². The monoisotopic (exact) mass is 242 g/mol. The van der Waals surface area contributed by atoms with Gasteiger partial charge in [0.15, 0.2) is 0 Å². The van der Waals surface area contributed by atoms with Crippen LogP contribution in [0.1, 0.15) is 13.3 Å². The van der Waals surface area contributed by atoms with Crippen LogP contribution in [0.4, 0.5) is 13.2 Å². The van der Waals surface area contributed by atoms with Crippen LogP contribution < -0.4 is 10.6 Å². The number of amides is 1. The molecule has 0 spiro atoms. The van der Waals surface area contributed by atoms with Crippen molar-refractivity contribution in [2.45, 2.75) is 25.6 Å². The maximum atomic E-state index is 10.7. The van der Waals surface area contributed by atoms with E-state index in [1.165, 1.54) is 0 Å². The van der Waals surface area contributed by atoms with Gasteiger partial charge in [-0.05, 0) is 0 Å². The van der Waals surface area contributed by atoms with E-state index in [9.17, 15) is 18.0 Å². The number of carboxylic acid groups (broad SMARTS) is 1. The zero-order chi connectivity index (χ0) is 12.8. The van der Waals surface area contributed by atoms with Gasteiger partial charge < -0.3 is 15.7 Å². The molecule has 94 valence electrons. The molecule has 5 nitrogen and oxygen atoms in total. The molecule has 0 radical (unpaired) electrons. The number of carboxylic acids is 1. The molecule has 0 atom stereocenters. The van der Waals surface area contributed by atoms with Crippen LogP contribution in [0.15, 0.2) is 0 Å². The largest absolute Gasteiger partial charge is 0.490 e. The number of alkyl halides is 3. The second kappa shape index (κ2) is 6.31. The molecule has 0 aromatic carbocycles. The average molecular weight is 242 g/mol. The third-order valence-electron chi connectivity index (χ3n) is 1.71. The first kappa shape index (κ1) is 14.7. The molecule has 16 heavy (non-hydrogen) atoms. The molecular formula is C8H13F3N2O3. The molecule has 0 aliphatic carbocycles. The quantitative estimate of drug-likeness (QED) is 0.642. The summed E-state index contributed by atoms with van der Waals surface area (Å²) < 4.78 is 31.7. The van der Waals surface area contributed by atoms with Crippen molar-refractivity contribution in [1.29, 1.82) is 0 Å².